The number of thiazole rings is 1. The van der Waals surface area contributed by atoms with E-state index < -0.39 is 0 Å². The molecule has 0 atom stereocenters. The molecule has 0 spiro atoms. The molecule has 22 heavy (non-hydrogen) atoms. The molecule has 1 N–H and O–H groups in total. The number of carbonyl (C=O) groups is 1. The van der Waals surface area contributed by atoms with Crippen molar-refractivity contribution in [2.24, 2.45) is 0 Å². The maximum atomic E-state index is 11.4. The van der Waals surface area contributed by atoms with Crippen LogP contribution < -0.4 is 15.0 Å². The third kappa shape index (κ3) is 2.66. The van der Waals surface area contributed by atoms with Gasteiger partial charge in [-0.15, -0.1) is 11.3 Å². The van der Waals surface area contributed by atoms with Crippen molar-refractivity contribution in [1.82, 2.24) is 4.98 Å². The lowest BCUT2D eigenvalue weighted by atomic mass is 10.1. The molecular formula is C15H15N3O2S2. The van der Waals surface area contributed by atoms with Crippen LogP contribution in [0, 0.1) is 0 Å². The molecule has 1 fully saturated rings. The highest BCUT2D eigenvalue weighted by atomic mass is 32.2. The van der Waals surface area contributed by atoms with Crippen LogP contribution in [0.4, 0.5) is 10.8 Å². The van der Waals surface area contributed by atoms with E-state index in [2.05, 4.69) is 15.6 Å². The molecule has 0 radical (unpaired) electrons. The molecular weight excluding hydrogens is 318 g/mol. The van der Waals surface area contributed by atoms with Crippen LogP contribution in [-0.4, -0.2) is 42.1 Å². The highest BCUT2D eigenvalue weighted by Gasteiger charge is 2.18. The summed E-state index contributed by atoms with van der Waals surface area (Å²) in [4.78, 5) is 18.5. The molecule has 2 aromatic rings. The summed E-state index contributed by atoms with van der Waals surface area (Å²) in [5, 5.41) is 5.99. The maximum Gasteiger partial charge on any atom is 0.262 e. The van der Waals surface area contributed by atoms with Crippen LogP contribution in [0.5, 0.6) is 5.75 Å². The molecule has 2 aliphatic heterocycles. The standard InChI is InChI=1S/C15H15N3O2S2/c19-14-8-20-13-2-1-10(7-11(13)16-14)12-9-22-15(17-12)18-3-5-21-6-4-18/h1-2,7,9H,3-6,8H2,(H,16,19). The first-order valence-corrected chi connectivity index (χ1v) is 9.18. The SMILES string of the molecule is O=C1COc2ccc(-c3csc(N4CCSCC4)n3)cc2N1. The van der Waals surface area contributed by atoms with E-state index in [1.54, 1.807) is 11.3 Å². The monoisotopic (exact) mass is 333 g/mol. The van der Waals surface area contributed by atoms with Crippen molar-refractivity contribution in [2.45, 2.75) is 0 Å². The zero-order valence-corrected chi connectivity index (χ0v) is 13.5. The fourth-order valence-corrected chi connectivity index (χ4v) is 4.33. The predicted molar refractivity (Wildman–Crippen MR) is 91.2 cm³/mol. The second-order valence-corrected chi connectivity index (χ2v) is 7.22. The Balaban J connectivity index is 1.61. The van der Waals surface area contributed by atoms with Gasteiger partial charge >= 0.3 is 0 Å². The fourth-order valence-electron chi connectivity index (χ4n) is 2.54. The largest absolute Gasteiger partial charge is 0.482 e. The van der Waals surface area contributed by atoms with Crippen LogP contribution in [0.2, 0.25) is 0 Å². The van der Waals surface area contributed by atoms with Gasteiger partial charge in [-0.05, 0) is 18.2 Å². The topological polar surface area (TPSA) is 54.5 Å². The molecule has 7 heteroatoms. The highest BCUT2D eigenvalue weighted by Crippen LogP contribution is 2.34. The first kappa shape index (κ1) is 13.9. The zero-order chi connectivity index (χ0) is 14.9. The Morgan fingerprint density at radius 1 is 1.27 bits per heavy atom. The molecule has 3 heterocycles. The minimum absolute atomic E-state index is 0.0835. The summed E-state index contributed by atoms with van der Waals surface area (Å²) in [6.07, 6.45) is 0. The average Bonchev–Trinajstić information content (AvgIpc) is 3.05. The van der Waals surface area contributed by atoms with Crippen molar-refractivity contribution in [3.05, 3.63) is 23.6 Å². The van der Waals surface area contributed by atoms with Gasteiger partial charge < -0.3 is 15.0 Å². The second-order valence-electron chi connectivity index (χ2n) is 5.16. The number of rotatable bonds is 2. The van der Waals surface area contributed by atoms with Gasteiger partial charge in [0.15, 0.2) is 11.7 Å². The number of carbonyl (C=O) groups excluding carboxylic acids is 1. The summed E-state index contributed by atoms with van der Waals surface area (Å²) in [6.45, 7) is 2.21. The maximum absolute atomic E-state index is 11.4. The smallest absolute Gasteiger partial charge is 0.262 e. The predicted octanol–water partition coefficient (Wildman–Crippen LogP) is 2.69. The Bertz CT molecular complexity index is 711. The van der Waals surface area contributed by atoms with Crippen LogP contribution in [-0.2, 0) is 4.79 Å². The summed E-state index contributed by atoms with van der Waals surface area (Å²) < 4.78 is 5.39. The van der Waals surface area contributed by atoms with E-state index in [9.17, 15) is 4.79 Å². The second kappa shape index (κ2) is 5.81. The van der Waals surface area contributed by atoms with Gasteiger partial charge in [-0.25, -0.2) is 4.98 Å². The molecule has 0 saturated carbocycles. The quantitative estimate of drug-likeness (QED) is 0.916. The van der Waals surface area contributed by atoms with Gasteiger partial charge in [0.25, 0.3) is 5.91 Å². The van der Waals surface area contributed by atoms with Crippen molar-refractivity contribution in [2.75, 3.05) is 41.4 Å². The van der Waals surface area contributed by atoms with E-state index in [1.165, 1.54) is 0 Å². The van der Waals surface area contributed by atoms with Crippen molar-refractivity contribution in [3.63, 3.8) is 0 Å². The number of anilines is 2. The third-order valence-electron chi connectivity index (χ3n) is 3.68. The number of hydrogen-bond donors (Lipinski definition) is 1. The Hall–Kier alpha value is -1.73. The van der Waals surface area contributed by atoms with Crippen LogP contribution >= 0.6 is 23.1 Å². The number of thioether (sulfide) groups is 1. The molecule has 4 rings (SSSR count). The van der Waals surface area contributed by atoms with Crippen molar-refractivity contribution in [1.29, 1.82) is 0 Å². The van der Waals surface area contributed by atoms with Crippen molar-refractivity contribution in [3.8, 4) is 17.0 Å². The van der Waals surface area contributed by atoms with Crippen molar-refractivity contribution >= 4 is 39.8 Å². The van der Waals surface area contributed by atoms with E-state index in [4.69, 9.17) is 9.72 Å². The van der Waals surface area contributed by atoms with E-state index in [0.717, 1.165) is 46.7 Å². The molecule has 5 nitrogen and oxygen atoms in total. The minimum atomic E-state index is -0.116. The van der Waals surface area contributed by atoms with Crippen LogP contribution in [0.15, 0.2) is 23.6 Å². The molecule has 1 saturated heterocycles. The zero-order valence-electron chi connectivity index (χ0n) is 11.9. The van der Waals surface area contributed by atoms with Gasteiger partial charge in [-0.1, -0.05) is 0 Å². The number of nitrogens with one attached hydrogen (secondary N) is 1. The van der Waals surface area contributed by atoms with Crippen molar-refractivity contribution < 1.29 is 9.53 Å². The average molecular weight is 333 g/mol. The van der Waals surface area contributed by atoms with Gasteiger partial charge in [-0.3, -0.25) is 4.79 Å². The lowest BCUT2D eigenvalue weighted by molar-refractivity contribution is -0.118. The first-order chi connectivity index (χ1) is 10.8. The fraction of sp³-hybridized carbons (Fsp3) is 0.333. The Morgan fingerprint density at radius 3 is 3.00 bits per heavy atom. The van der Waals surface area contributed by atoms with E-state index >= 15 is 0 Å². The van der Waals surface area contributed by atoms with Gasteiger partial charge in [0, 0.05) is 35.5 Å². The Morgan fingerprint density at radius 2 is 2.14 bits per heavy atom. The number of nitrogens with zero attached hydrogens (tertiary/aromatic N) is 2. The number of amides is 1. The van der Waals surface area contributed by atoms with E-state index in [1.807, 2.05) is 30.0 Å². The summed E-state index contributed by atoms with van der Waals surface area (Å²) in [5.74, 6) is 2.93. The van der Waals surface area contributed by atoms with Gasteiger partial charge in [-0.2, -0.15) is 11.8 Å². The number of hydrogen-bond acceptors (Lipinski definition) is 6. The molecule has 0 bridgehead atoms. The molecule has 1 aromatic heterocycles. The van der Waals surface area contributed by atoms with E-state index in [-0.39, 0.29) is 12.5 Å². The lowest BCUT2D eigenvalue weighted by Crippen LogP contribution is -2.32. The first-order valence-electron chi connectivity index (χ1n) is 7.15. The minimum Gasteiger partial charge on any atom is -0.482 e. The molecule has 0 aliphatic carbocycles. The van der Waals surface area contributed by atoms with Gasteiger partial charge in [0.2, 0.25) is 0 Å². The van der Waals surface area contributed by atoms with Gasteiger partial charge in [0.05, 0.1) is 11.4 Å². The number of aromatic nitrogens is 1. The summed E-state index contributed by atoms with van der Waals surface area (Å²) >= 11 is 3.67. The summed E-state index contributed by atoms with van der Waals surface area (Å²) in [5.41, 5.74) is 2.66. The molecule has 2 aliphatic rings. The van der Waals surface area contributed by atoms with Gasteiger partial charge in [0.1, 0.15) is 5.75 Å². The number of ether oxygens (including phenoxy) is 1. The summed E-state index contributed by atoms with van der Waals surface area (Å²) in [6, 6.07) is 5.80. The third-order valence-corrected chi connectivity index (χ3v) is 5.53. The molecule has 114 valence electrons. The number of benzene rings is 1. The lowest BCUT2D eigenvalue weighted by Gasteiger charge is -2.25. The Kier molecular flexibility index (Phi) is 3.67. The Labute approximate surface area is 136 Å². The van der Waals surface area contributed by atoms with Crippen LogP contribution in [0.1, 0.15) is 0 Å². The molecule has 0 unspecified atom stereocenters. The van der Waals surface area contributed by atoms with Crippen LogP contribution in [0.25, 0.3) is 11.3 Å². The number of fused-ring (bicyclic) bond motifs is 1. The molecule has 1 amide bonds. The molecule has 1 aromatic carbocycles. The van der Waals surface area contributed by atoms with Crippen LogP contribution in [0.3, 0.4) is 0 Å². The summed E-state index contributed by atoms with van der Waals surface area (Å²) in [7, 11) is 0. The normalized spacial score (nSPS) is 17.6. The highest BCUT2D eigenvalue weighted by molar-refractivity contribution is 7.99. The van der Waals surface area contributed by atoms with E-state index in [0.29, 0.717) is 5.75 Å².